The van der Waals surface area contributed by atoms with Crippen LogP contribution in [0.15, 0.2) is 29.1 Å². The van der Waals surface area contributed by atoms with Gasteiger partial charge in [0.05, 0.1) is 0 Å². The van der Waals surface area contributed by atoms with Crippen molar-refractivity contribution in [1.82, 2.24) is 8.88 Å². The number of hydrogen-bond acceptors (Lipinski definition) is 3. The zero-order valence-electron chi connectivity index (χ0n) is 11.0. The van der Waals surface area contributed by atoms with Crippen LogP contribution < -0.4 is 10.9 Å². The summed E-state index contributed by atoms with van der Waals surface area (Å²) in [6.45, 7) is 2.99. The quantitative estimate of drug-likeness (QED) is 0.778. The number of benzene rings is 1. The van der Waals surface area contributed by atoms with Crippen LogP contribution in [-0.4, -0.2) is 41.3 Å². The molecule has 1 aromatic heterocycles. The number of amides is 1. The van der Waals surface area contributed by atoms with Crippen LogP contribution in [0.1, 0.15) is 19.9 Å². The van der Waals surface area contributed by atoms with Crippen molar-refractivity contribution in [3.63, 3.8) is 0 Å². The average Bonchev–Trinajstić information content (AvgIpc) is 2.75. The van der Waals surface area contributed by atoms with E-state index in [9.17, 15) is 14.4 Å². The van der Waals surface area contributed by atoms with Gasteiger partial charge in [-0.1, -0.05) is 0 Å². The molecule has 0 spiro atoms. The summed E-state index contributed by atoms with van der Waals surface area (Å²) in [5.41, 5.74) is -0.175. The third-order valence-electron chi connectivity index (χ3n) is 2.97. The van der Waals surface area contributed by atoms with Crippen LogP contribution in [0.3, 0.4) is 0 Å². The molecule has 0 aliphatic heterocycles. The number of nitrogens with zero attached hydrogens (tertiary/aromatic N) is 1. The van der Waals surface area contributed by atoms with Crippen LogP contribution in [0.5, 0.6) is 0 Å². The van der Waals surface area contributed by atoms with Crippen molar-refractivity contribution in [2.24, 2.45) is 0 Å². The molecule has 1 aromatic carbocycles. The average molecular weight is 341 g/mol. The molecule has 0 radical (unpaired) electrons. The van der Waals surface area contributed by atoms with E-state index in [0.717, 1.165) is 4.26 Å². The predicted molar refractivity (Wildman–Crippen MR) is 75.1 cm³/mol. The van der Waals surface area contributed by atoms with Gasteiger partial charge in [0.25, 0.3) is 0 Å². The zero-order valence-corrected chi connectivity index (χ0v) is 12.7. The Bertz CT molecular complexity index is 718. The number of aliphatic carboxylic acids is 1. The predicted octanol–water partition coefficient (Wildman–Crippen LogP) is 0.209. The molecule has 2 rings (SSSR count). The molecule has 1 heterocycles. The van der Waals surface area contributed by atoms with Gasteiger partial charge in [0.15, 0.2) is 0 Å². The number of nitrogens with one attached hydrogen (secondary N) is 1. The second kappa shape index (κ2) is 5.64. The monoisotopic (exact) mass is 342 g/mol. The second-order valence-corrected chi connectivity index (χ2v) is 6.59. The molecule has 0 fully saturated rings. The standard InChI is InChI=1S/C13H14N2O4Se/c1-7(13(18)19)14-11(16)8(2)15-12(17)9-5-3-4-6-10(9)20-15/h3-8H,1-2H3,(H,14,16)(H,18,19)/t7-,8-/m1/s1. The number of carbonyl (C=O) groups excluding carboxylic acids is 1. The Kier molecular flexibility index (Phi) is 4.11. The molecule has 7 heteroatoms. The summed E-state index contributed by atoms with van der Waals surface area (Å²) in [7, 11) is 0. The van der Waals surface area contributed by atoms with E-state index in [1.54, 1.807) is 19.1 Å². The first kappa shape index (κ1) is 14.6. The van der Waals surface area contributed by atoms with Crippen LogP contribution >= 0.6 is 0 Å². The van der Waals surface area contributed by atoms with Gasteiger partial charge >= 0.3 is 120 Å². The molecular formula is C13H14N2O4Se. The SMILES string of the molecule is C[C@H](C(=O)N[C@H](C)C(=O)O)n1[se]c2ccccc2c1=O. The van der Waals surface area contributed by atoms with Gasteiger partial charge in [0.1, 0.15) is 0 Å². The molecule has 0 aliphatic carbocycles. The summed E-state index contributed by atoms with van der Waals surface area (Å²) < 4.78 is 2.44. The third kappa shape index (κ3) is 2.69. The van der Waals surface area contributed by atoms with Crippen molar-refractivity contribution in [2.75, 3.05) is 0 Å². The first-order valence-corrected chi connectivity index (χ1v) is 7.68. The first-order valence-electron chi connectivity index (χ1n) is 6.05. The van der Waals surface area contributed by atoms with E-state index in [2.05, 4.69) is 5.32 Å². The molecule has 2 atom stereocenters. The van der Waals surface area contributed by atoms with E-state index in [0.29, 0.717) is 5.39 Å². The van der Waals surface area contributed by atoms with Crippen molar-refractivity contribution in [3.8, 4) is 0 Å². The summed E-state index contributed by atoms with van der Waals surface area (Å²) in [5, 5.41) is 11.8. The zero-order chi connectivity index (χ0) is 14.9. The molecule has 20 heavy (non-hydrogen) atoms. The molecule has 6 nitrogen and oxygen atoms in total. The maximum atomic E-state index is 12.2. The third-order valence-corrected chi connectivity index (χ3v) is 5.56. The van der Waals surface area contributed by atoms with Crippen molar-refractivity contribution >= 4 is 36.3 Å². The Morgan fingerprint density at radius 3 is 2.55 bits per heavy atom. The van der Waals surface area contributed by atoms with Crippen molar-refractivity contribution < 1.29 is 14.7 Å². The van der Waals surface area contributed by atoms with Gasteiger partial charge in [0, 0.05) is 0 Å². The van der Waals surface area contributed by atoms with Gasteiger partial charge in [-0.25, -0.2) is 0 Å². The summed E-state index contributed by atoms with van der Waals surface area (Å²) in [5.74, 6) is -1.56. The van der Waals surface area contributed by atoms with Gasteiger partial charge in [-0.15, -0.1) is 0 Å². The fraction of sp³-hybridized carbons (Fsp3) is 0.308. The molecule has 0 saturated heterocycles. The fourth-order valence-corrected chi connectivity index (χ4v) is 3.93. The van der Waals surface area contributed by atoms with Gasteiger partial charge in [-0.2, -0.15) is 0 Å². The van der Waals surface area contributed by atoms with E-state index in [1.165, 1.54) is 10.5 Å². The Hall–Kier alpha value is -1.85. The topological polar surface area (TPSA) is 88.4 Å². The molecule has 0 saturated carbocycles. The van der Waals surface area contributed by atoms with Crippen molar-refractivity contribution in [1.29, 1.82) is 0 Å². The molecule has 2 N–H and O–H groups in total. The summed E-state index contributed by atoms with van der Waals surface area (Å²) in [4.78, 5) is 34.9. The Morgan fingerprint density at radius 2 is 1.95 bits per heavy atom. The van der Waals surface area contributed by atoms with Crippen LogP contribution in [0.4, 0.5) is 0 Å². The van der Waals surface area contributed by atoms with Crippen LogP contribution in [0.25, 0.3) is 9.65 Å². The van der Waals surface area contributed by atoms with E-state index >= 15 is 0 Å². The number of fused-ring (bicyclic) bond motifs is 1. The Morgan fingerprint density at radius 1 is 1.30 bits per heavy atom. The van der Waals surface area contributed by atoms with E-state index in [1.807, 2.05) is 12.1 Å². The molecular weight excluding hydrogens is 327 g/mol. The van der Waals surface area contributed by atoms with E-state index in [4.69, 9.17) is 5.11 Å². The summed E-state index contributed by atoms with van der Waals surface area (Å²) >= 11 is -0.253. The Balaban J connectivity index is 2.29. The number of carbonyl (C=O) groups is 2. The number of rotatable bonds is 4. The fourth-order valence-electron chi connectivity index (χ4n) is 1.75. The van der Waals surface area contributed by atoms with Gasteiger partial charge < -0.3 is 0 Å². The van der Waals surface area contributed by atoms with E-state index in [-0.39, 0.29) is 20.3 Å². The number of hydrogen-bond donors (Lipinski definition) is 2. The van der Waals surface area contributed by atoms with Crippen LogP contribution in [0.2, 0.25) is 0 Å². The normalized spacial score (nSPS) is 13.9. The molecule has 0 bridgehead atoms. The van der Waals surface area contributed by atoms with Crippen LogP contribution in [-0.2, 0) is 9.59 Å². The number of aromatic nitrogens is 1. The second-order valence-electron chi connectivity index (χ2n) is 4.46. The molecule has 0 unspecified atom stereocenters. The van der Waals surface area contributed by atoms with Gasteiger partial charge in [-0.05, 0) is 0 Å². The van der Waals surface area contributed by atoms with E-state index < -0.39 is 24.0 Å². The molecule has 1 amide bonds. The molecule has 0 aliphatic rings. The molecule has 106 valence electrons. The van der Waals surface area contributed by atoms with Gasteiger partial charge in [0.2, 0.25) is 0 Å². The Labute approximate surface area is 121 Å². The van der Waals surface area contributed by atoms with Crippen LogP contribution in [0, 0.1) is 0 Å². The number of carboxylic acid groups (broad SMARTS) is 1. The molecule has 2 aromatic rings. The minimum atomic E-state index is -1.10. The van der Waals surface area contributed by atoms with Crippen molar-refractivity contribution in [3.05, 3.63) is 34.6 Å². The van der Waals surface area contributed by atoms with Gasteiger partial charge in [-0.3, -0.25) is 0 Å². The first-order chi connectivity index (χ1) is 9.41. The number of carboxylic acids is 1. The van der Waals surface area contributed by atoms with Crippen molar-refractivity contribution in [2.45, 2.75) is 25.9 Å². The summed E-state index contributed by atoms with van der Waals surface area (Å²) in [6.07, 6.45) is 0. The summed E-state index contributed by atoms with van der Waals surface area (Å²) in [6, 6.07) is 5.60. The minimum absolute atomic E-state index is 0.175. The maximum absolute atomic E-state index is 12.2.